The molecule has 5 nitrogen and oxygen atoms in total. The number of halogens is 2. The molecule has 0 radical (unpaired) electrons. The summed E-state index contributed by atoms with van der Waals surface area (Å²) in [5.41, 5.74) is 3.93. The van der Waals surface area contributed by atoms with Crippen LogP contribution >= 0.6 is 11.6 Å². The van der Waals surface area contributed by atoms with Crippen molar-refractivity contribution < 1.29 is 9.18 Å². The number of aromatic nitrogens is 3. The zero-order chi connectivity index (χ0) is 20.1. The fourth-order valence-corrected chi connectivity index (χ4v) is 4.09. The molecule has 1 amide bonds. The second-order valence-electron chi connectivity index (χ2n) is 7.12. The van der Waals surface area contributed by atoms with E-state index in [1.807, 2.05) is 31.4 Å². The Morgan fingerprint density at radius 1 is 1.17 bits per heavy atom. The minimum absolute atomic E-state index is 0.0945. The number of fused-ring (bicyclic) bond motifs is 2. The standard InChI is InChI=1S/C22H16ClFN4O/c1-27-10-16-14(4-2-6-20(16)26-27)13-8-18(23)17(19(24)9-13)11-28-12-21-15(22(28)29)5-3-7-25-21/h2-10H,11-12H2,1H3. The predicted molar refractivity (Wildman–Crippen MR) is 109 cm³/mol. The van der Waals surface area contributed by atoms with Crippen LogP contribution in [0.15, 0.2) is 54.9 Å². The van der Waals surface area contributed by atoms with Crippen LogP contribution in [0, 0.1) is 5.82 Å². The number of hydrogen-bond donors (Lipinski definition) is 0. The molecule has 1 aliphatic rings. The molecule has 0 saturated carbocycles. The van der Waals surface area contributed by atoms with Crippen molar-refractivity contribution in [1.29, 1.82) is 0 Å². The SMILES string of the molecule is Cn1cc2c(-c3cc(F)c(CN4Cc5ncccc5C4=O)c(Cl)c3)cccc2n1. The van der Waals surface area contributed by atoms with Gasteiger partial charge in [0, 0.05) is 35.4 Å². The second kappa shape index (κ2) is 6.67. The van der Waals surface area contributed by atoms with Crippen molar-refractivity contribution in [3.63, 3.8) is 0 Å². The first-order valence-electron chi connectivity index (χ1n) is 9.15. The molecule has 0 aliphatic carbocycles. The third kappa shape index (κ3) is 2.96. The summed E-state index contributed by atoms with van der Waals surface area (Å²) in [6, 6.07) is 12.4. The van der Waals surface area contributed by atoms with Crippen LogP contribution in [-0.4, -0.2) is 25.6 Å². The van der Waals surface area contributed by atoms with Crippen LogP contribution in [0.25, 0.3) is 22.0 Å². The van der Waals surface area contributed by atoms with Crippen LogP contribution in [0.3, 0.4) is 0 Å². The van der Waals surface area contributed by atoms with Crippen molar-refractivity contribution in [3.8, 4) is 11.1 Å². The van der Waals surface area contributed by atoms with Crippen LogP contribution in [0.4, 0.5) is 4.39 Å². The van der Waals surface area contributed by atoms with Gasteiger partial charge in [0.05, 0.1) is 29.9 Å². The molecule has 144 valence electrons. The van der Waals surface area contributed by atoms with Crippen molar-refractivity contribution in [1.82, 2.24) is 19.7 Å². The van der Waals surface area contributed by atoms with E-state index in [2.05, 4.69) is 10.1 Å². The highest BCUT2D eigenvalue weighted by atomic mass is 35.5. The maximum absolute atomic E-state index is 15.1. The number of nitrogens with zero attached hydrogens (tertiary/aromatic N) is 4. The maximum Gasteiger partial charge on any atom is 0.256 e. The lowest BCUT2D eigenvalue weighted by Crippen LogP contribution is -2.24. The summed E-state index contributed by atoms with van der Waals surface area (Å²) in [6.45, 7) is 0.443. The molecular weight excluding hydrogens is 391 g/mol. The van der Waals surface area contributed by atoms with Gasteiger partial charge in [0.2, 0.25) is 0 Å². The third-order valence-electron chi connectivity index (χ3n) is 5.21. The third-order valence-corrected chi connectivity index (χ3v) is 5.55. The number of hydrogen-bond acceptors (Lipinski definition) is 3. The first-order valence-corrected chi connectivity index (χ1v) is 9.53. The molecule has 0 unspecified atom stereocenters. The molecule has 0 bridgehead atoms. The molecule has 4 aromatic rings. The topological polar surface area (TPSA) is 51.0 Å². The summed E-state index contributed by atoms with van der Waals surface area (Å²) in [7, 11) is 1.85. The minimum atomic E-state index is -0.440. The van der Waals surface area contributed by atoms with Gasteiger partial charge in [-0.2, -0.15) is 5.10 Å². The van der Waals surface area contributed by atoms with Crippen molar-refractivity contribution in [2.24, 2.45) is 7.05 Å². The monoisotopic (exact) mass is 406 g/mol. The largest absolute Gasteiger partial charge is 0.328 e. The van der Waals surface area contributed by atoms with Crippen molar-refractivity contribution in [2.75, 3.05) is 0 Å². The predicted octanol–water partition coefficient (Wildman–Crippen LogP) is 4.58. The minimum Gasteiger partial charge on any atom is -0.328 e. The molecule has 1 aliphatic heterocycles. The quantitative estimate of drug-likeness (QED) is 0.500. The van der Waals surface area contributed by atoms with Crippen LogP contribution in [0.1, 0.15) is 21.6 Å². The lowest BCUT2D eigenvalue weighted by Gasteiger charge is -2.18. The number of carbonyl (C=O) groups excluding carboxylic acids is 1. The van der Waals surface area contributed by atoms with E-state index in [1.54, 1.807) is 34.0 Å². The molecule has 0 atom stereocenters. The molecule has 0 spiro atoms. The fourth-order valence-electron chi connectivity index (χ4n) is 3.82. The van der Waals surface area contributed by atoms with E-state index >= 15 is 4.39 Å². The Balaban J connectivity index is 1.50. The number of rotatable bonds is 3. The Morgan fingerprint density at radius 2 is 2.00 bits per heavy atom. The van der Waals surface area contributed by atoms with Crippen LogP contribution < -0.4 is 0 Å². The zero-order valence-corrected chi connectivity index (χ0v) is 16.3. The molecule has 0 N–H and O–H groups in total. The average Bonchev–Trinajstić information content (AvgIpc) is 3.23. The van der Waals surface area contributed by atoms with E-state index in [0.29, 0.717) is 28.9 Å². The summed E-state index contributed by atoms with van der Waals surface area (Å²) in [6.07, 6.45) is 3.55. The van der Waals surface area contributed by atoms with Crippen LogP contribution in [-0.2, 0) is 20.1 Å². The van der Waals surface area contributed by atoms with Gasteiger partial charge >= 0.3 is 0 Å². The summed E-state index contributed by atoms with van der Waals surface area (Å²) in [4.78, 5) is 18.4. The highest BCUT2D eigenvalue weighted by Crippen LogP contribution is 2.34. The van der Waals surface area contributed by atoms with Gasteiger partial charge in [-0.05, 0) is 41.5 Å². The van der Waals surface area contributed by atoms with Gasteiger partial charge in [0.25, 0.3) is 5.91 Å². The molecular formula is C22H16ClFN4O. The summed E-state index contributed by atoms with van der Waals surface area (Å²) in [5, 5.41) is 5.61. The van der Waals surface area contributed by atoms with Gasteiger partial charge in [-0.25, -0.2) is 4.39 Å². The number of benzene rings is 2. The van der Waals surface area contributed by atoms with Crippen molar-refractivity contribution in [2.45, 2.75) is 13.1 Å². The number of carbonyl (C=O) groups is 1. The Labute approximate surface area is 171 Å². The molecule has 0 saturated heterocycles. The van der Waals surface area contributed by atoms with Gasteiger partial charge in [-0.15, -0.1) is 0 Å². The van der Waals surface area contributed by atoms with E-state index in [0.717, 1.165) is 16.5 Å². The first kappa shape index (κ1) is 17.8. The maximum atomic E-state index is 15.1. The number of amides is 1. The second-order valence-corrected chi connectivity index (χ2v) is 7.53. The highest BCUT2D eigenvalue weighted by Gasteiger charge is 2.29. The van der Waals surface area contributed by atoms with Crippen molar-refractivity contribution in [3.05, 3.63) is 82.5 Å². The average molecular weight is 407 g/mol. The summed E-state index contributed by atoms with van der Waals surface area (Å²) in [5.74, 6) is -0.599. The molecule has 2 aromatic carbocycles. The van der Waals surface area contributed by atoms with E-state index in [9.17, 15) is 4.79 Å². The van der Waals surface area contributed by atoms with Gasteiger partial charge in [-0.3, -0.25) is 14.5 Å². The Morgan fingerprint density at radius 3 is 2.79 bits per heavy atom. The summed E-state index contributed by atoms with van der Waals surface area (Å²) >= 11 is 6.46. The van der Waals surface area contributed by atoms with E-state index in [-0.39, 0.29) is 17.5 Å². The Bertz CT molecular complexity index is 1260. The van der Waals surface area contributed by atoms with Crippen molar-refractivity contribution >= 4 is 28.4 Å². The first-order chi connectivity index (χ1) is 14.0. The van der Waals surface area contributed by atoms with E-state index < -0.39 is 5.82 Å². The lowest BCUT2D eigenvalue weighted by molar-refractivity contribution is 0.0765. The van der Waals surface area contributed by atoms with Gasteiger partial charge < -0.3 is 4.90 Å². The molecule has 7 heteroatoms. The summed E-state index contributed by atoms with van der Waals surface area (Å²) < 4.78 is 16.8. The Hall–Kier alpha value is -3.25. The molecule has 2 aromatic heterocycles. The van der Waals surface area contributed by atoms with Crippen LogP contribution in [0.2, 0.25) is 5.02 Å². The van der Waals surface area contributed by atoms with Gasteiger partial charge in [0.15, 0.2) is 0 Å². The van der Waals surface area contributed by atoms with E-state index in [4.69, 9.17) is 11.6 Å². The lowest BCUT2D eigenvalue weighted by atomic mass is 10.00. The Kier molecular flexibility index (Phi) is 4.10. The number of pyridine rings is 1. The van der Waals surface area contributed by atoms with E-state index in [1.165, 1.54) is 6.07 Å². The number of aryl methyl sites for hydroxylation is 1. The fraction of sp³-hybridized carbons (Fsp3) is 0.136. The molecule has 0 fully saturated rings. The van der Waals surface area contributed by atoms with Crippen LogP contribution in [0.5, 0.6) is 0 Å². The molecule has 29 heavy (non-hydrogen) atoms. The molecule has 5 rings (SSSR count). The normalized spacial score (nSPS) is 13.3. The van der Waals surface area contributed by atoms with Gasteiger partial charge in [0.1, 0.15) is 5.82 Å². The van der Waals surface area contributed by atoms with Gasteiger partial charge in [-0.1, -0.05) is 23.7 Å². The zero-order valence-electron chi connectivity index (χ0n) is 15.6. The molecule has 3 heterocycles. The smallest absolute Gasteiger partial charge is 0.256 e. The highest BCUT2D eigenvalue weighted by molar-refractivity contribution is 6.31.